The summed E-state index contributed by atoms with van der Waals surface area (Å²) < 4.78 is 0. The smallest absolute Gasteiger partial charge is 0.0783 e. The van der Waals surface area contributed by atoms with Crippen LogP contribution in [0.1, 0.15) is 64.3 Å². The molecule has 1 aromatic rings. The van der Waals surface area contributed by atoms with Crippen LogP contribution in [0.3, 0.4) is 0 Å². The second-order valence-corrected chi connectivity index (χ2v) is 8.16. The van der Waals surface area contributed by atoms with Gasteiger partial charge in [-0.05, 0) is 40.5 Å². The SMILES string of the molecule is CC(C)(C)c1ccc2c(c1)CCNC2C(O)C(C)(C)C. The summed E-state index contributed by atoms with van der Waals surface area (Å²) in [5, 5.41) is 14.1. The lowest BCUT2D eigenvalue weighted by Crippen LogP contribution is -2.43. The van der Waals surface area contributed by atoms with Gasteiger partial charge >= 0.3 is 0 Å². The van der Waals surface area contributed by atoms with Crippen LogP contribution >= 0.6 is 0 Å². The molecule has 0 saturated heterocycles. The zero-order chi connectivity index (χ0) is 15.1. The minimum absolute atomic E-state index is 0.0489. The van der Waals surface area contributed by atoms with Crippen molar-refractivity contribution in [3.05, 3.63) is 34.9 Å². The molecular formula is C18H29NO. The highest BCUT2D eigenvalue weighted by molar-refractivity contribution is 5.39. The first-order valence-corrected chi connectivity index (χ1v) is 7.65. The average Bonchev–Trinajstić information content (AvgIpc) is 2.34. The lowest BCUT2D eigenvalue weighted by molar-refractivity contribution is 0.0263. The third kappa shape index (κ3) is 3.07. The second kappa shape index (κ2) is 5.16. The summed E-state index contributed by atoms with van der Waals surface area (Å²) in [6, 6.07) is 6.81. The summed E-state index contributed by atoms with van der Waals surface area (Å²) in [5.41, 5.74) is 4.10. The number of aliphatic hydroxyl groups is 1. The maximum absolute atomic E-state index is 10.6. The van der Waals surface area contributed by atoms with Gasteiger partial charge in [0, 0.05) is 0 Å². The fourth-order valence-corrected chi connectivity index (χ4v) is 2.85. The first-order chi connectivity index (χ1) is 9.10. The molecular weight excluding hydrogens is 246 g/mol. The number of aliphatic hydroxyl groups excluding tert-OH is 1. The van der Waals surface area contributed by atoms with Crippen LogP contribution in [-0.4, -0.2) is 17.8 Å². The Hall–Kier alpha value is -0.860. The van der Waals surface area contributed by atoms with Gasteiger partial charge in [0.05, 0.1) is 12.1 Å². The Labute approximate surface area is 123 Å². The molecule has 1 aliphatic heterocycles. The highest BCUT2D eigenvalue weighted by atomic mass is 16.3. The molecule has 2 atom stereocenters. The molecule has 0 fully saturated rings. The van der Waals surface area contributed by atoms with Crippen LogP contribution < -0.4 is 5.32 Å². The zero-order valence-electron chi connectivity index (χ0n) is 13.7. The van der Waals surface area contributed by atoms with Gasteiger partial charge in [-0.15, -0.1) is 0 Å². The van der Waals surface area contributed by atoms with E-state index in [2.05, 4.69) is 65.1 Å². The Kier molecular flexibility index (Phi) is 4.01. The van der Waals surface area contributed by atoms with E-state index in [1.807, 2.05) is 0 Å². The van der Waals surface area contributed by atoms with Crippen molar-refractivity contribution in [2.24, 2.45) is 5.41 Å². The van der Waals surface area contributed by atoms with Gasteiger partial charge < -0.3 is 10.4 Å². The number of hydrogen-bond acceptors (Lipinski definition) is 2. The molecule has 0 amide bonds. The number of benzene rings is 1. The van der Waals surface area contributed by atoms with Crippen molar-refractivity contribution >= 4 is 0 Å². The van der Waals surface area contributed by atoms with Crippen LogP contribution in [-0.2, 0) is 11.8 Å². The van der Waals surface area contributed by atoms with Crippen LogP contribution in [0.15, 0.2) is 18.2 Å². The molecule has 1 aliphatic rings. The highest BCUT2D eigenvalue weighted by Gasteiger charge is 2.34. The summed E-state index contributed by atoms with van der Waals surface area (Å²) >= 11 is 0. The first-order valence-electron chi connectivity index (χ1n) is 7.65. The topological polar surface area (TPSA) is 32.3 Å². The van der Waals surface area contributed by atoms with Crippen molar-refractivity contribution in [1.29, 1.82) is 0 Å². The molecule has 2 rings (SSSR count). The molecule has 0 aromatic heterocycles. The predicted molar refractivity (Wildman–Crippen MR) is 85.1 cm³/mol. The molecule has 0 spiro atoms. The minimum atomic E-state index is -0.373. The average molecular weight is 275 g/mol. The maximum atomic E-state index is 10.6. The van der Waals surface area contributed by atoms with Gasteiger partial charge in [-0.3, -0.25) is 0 Å². The predicted octanol–water partition coefficient (Wildman–Crippen LogP) is 3.58. The molecule has 112 valence electrons. The van der Waals surface area contributed by atoms with E-state index < -0.39 is 0 Å². The minimum Gasteiger partial charge on any atom is -0.391 e. The Bertz CT molecular complexity index is 479. The normalized spacial score (nSPS) is 21.4. The van der Waals surface area contributed by atoms with Crippen molar-refractivity contribution < 1.29 is 5.11 Å². The monoisotopic (exact) mass is 275 g/mol. The summed E-state index contributed by atoms with van der Waals surface area (Å²) in [4.78, 5) is 0. The fourth-order valence-electron chi connectivity index (χ4n) is 2.85. The number of rotatable bonds is 1. The lowest BCUT2D eigenvalue weighted by Gasteiger charge is -2.37. The fraction of sp³-hybridized carbons (Fsp3) is 0.667. The molecule has 1 heterocycles. The Morgan fingerprint density at radius 3 is 2.35 bits per heavy atom. The standard InChI is InChI=1S/C18H29NO/c1-17(2,3)13-7-8-14-12(11-13)9-10-19-15(14)16(20)18(4,5)6/h7-8,11,15-16,19-20H,9-10H2,1-6H3. The van der Waals surface area contributed by atoms with Crippen molar-refractivity contribution in [3.8, 4) is 0 Å². The van der Waals surface area contributed by atoms with Gasteiger partial charge in [0.15, 0.2) is 0 Å². The van der Waals surface area contributed by atoms with Gasteiger partial charge in [-0.25, -0.2) is 0 Å². The van der Waals surface area contributed by atoms with E-state index in [9.17, 15) is 5.11 Å². The van der Waals surface area contributed by atoms with Gasteiger partial charge in [0.1, 0.15) is 0 Å². The molecule has 0 radical (unpaired) electrons. The third-order valence-corrected chi connectivity index (χ3v) is 4.31. The molecule has 2 unspecified atom stereocenters. The van der Waals surface area contributed by atoms with E-state index >= 15 is 0 Å². The van der Waals surface area contributed by atoms with Crippen molar-refractivity contribution in [2.75, 3.05) is 6.54 Å². The van der Waals surface area contributed by atoms with Gasteiger partial charge in [0.2, 0.25) is 0 Å². The Balaban J connectivity index is 2.38. The summed E-state index contributed by atoms with van der Waals surface area (Å²) in [6.45, 7) is 14.0. The van der Waals surface area contributed by atoms with Gasteiger partial charge in [-0.2, -0.15) is 0 Å². The molecule has 0 saturated carbocycles. The summed E-state index contributed by atoms with van der Waals surface area (Å²) in [6.07, 6.45) is 0.675. The van der Waals surface area contributed by atoms with E-state index in [1.54, 1.807) is 0 Å². The number of hydrogen-bond donors (Lipinski definition) is 2. The van der Waals surface area contributed by atoms with Gasteiger partial charge in [-0.1, -0.05) is 59.7 Å². The molecule has 2 N–H and O–H groups in total. The quantitative estimate of drug-likeness (QED) is 0.821. The molecule has 0 bridgehead atoms. The van der Waals surface area contributed by atoms with Crippen LogP contribution in [0, 0.1) is 5.41 Å². The van der Waals surface area contributed by atoms with Crippen LogP contribution in [0.4, 0.5) is 0 Å². The highest BCUT2D eigenvalue weighted by Crippen LogP contribution is 2.35. The van der Waals surface area contributed by atoms with Gasteiger partial charge in [0.25, 0.3) is 0 Å². The molecule has 20 heavy (non-hydrogen) atoms. The van der Waals surface area contributed by atoms with E-state index in [0.717, 1.165) is 13.0 Å². The Morgan fingerprint density at radius 1 is 1.15 bits per heavy atom. The summed E-state index contributed by atoms with van der Waals surface area (Å²) in [7, 11) is 0. The van der Waals surface area contributed by atoms with Crippen LogP contribution in [0.25, 0.3) is 0 Å². The lowest BCUT2D eigenvalue weighted by atomic mass is 9.77. The van der Waals surface area contributed by atoms with E-state index in [-0.39, 0.29) is 23.0 Å². The van der Waals surface area contributed by atoms with Crippen LogP contribution in [0.2, 0.25) is 0 Å². The van der Waals surface area contributed by atoms with Crippen molar-refractivity contribution in [1.82, 2.24) is 5.32 Å². The molecule has 1 aromatic carbocycles. The first kappa shape index (κ1) is 15.5. The third-order valence-electron chi connectivity index (χ3n) is 4.31. The number of fused-ring (bicyclic) bond motifs is 1. The van der Waals surface area contributed by atoms with Crippen molar-refractivity contribution in [2.45, 2.75) is 65.5 Å². The molecule has 2 heteroatoms. The molecule has 2 nitrogen and oxygen atoms in total. The largest absolute Gasteiger partial charge is 0.391 e. The van der Waals surface area contributed by atoms with E-state index in [0.29, 0.717) is 0 Å². The van der Waals surface area contributed by atoms with Crippen LogP contribution in [0.5, 0.6) is 0 Å². The van der Waals surface area contributed by atoms with Crippen molar-refractivity contribution in [3.63, 3.8) is 0 Å². The maximum Gasteiger partial charge on any atom is 0.0783 e. The number of nitrogens with one attached hydrogen (secondary N) is 1. The van der Waals surface area contributed by atoms with E-state index in [4.69, 9.17) is 0 Å². The second-order valence-electron chi connectivity index (χ2n) is 8.16. The van der Waals surface area contributed by atoms with E-state index in [1.165, 1.54) is 16.7 Å². The zero-order valence-corrected chi connectivity index (χ0v) is 13.7. The molecule has 0 aliphatic carbocycles. The summed E-state index contributed by atoms with van der Waals surface area (Å²) in [5.74, 6) is 0. The Morgan fingerprint density at radius 2 is 1.80 bits per heavy atom.